The number of rotatable bonds is 5. The number of halogens is 3. The van der Waals surface area contributed by atoms with Crippen molar-refractivity contribution in [2.45, 2.75) is 19.6 Å². The second kappa shape index (κ2) is 8.39. The van der Waals surface area contributed by atoms with Crippen LogP contribution < -0.4 is 10.6 Å². The first-order chi connectivity index (χ1) is 13.8. The zero-order valence-corrected chi connectivity index (χ0v) is 15.9. The summed E-state index contributed by atoms with van der Waals surface area (Å²) in [6, 6.07) is 9.84. The lowest BCUT2D eigenvalue weighted by Gasteiger charge is -2.10. The van der Waals surface area contributed by atoms with Crippen molar-refractivity contribution in [3.05, 3.63) is 64.7 Å². The molecular weight excluding hydrogens is 405 g/mol. The molecule has 0 aliphatic heterocycles. The molecule has 0 aliphatic rings. The van der Waals surface area contributed by atoms with Crippen LogP contribution >= 0.6 is 11.5 Å². The van der Waals surface area contributed by atoms with E-state index >= 15 is 0 Å². The fourth-order valence-corrected chi connectivity index (χ4v) is 3.30. The molecule has 0 radical (unpaired) electrons. The maximum absolute atomic E-state index is 12.8. The Balaban J connectivity index is 1.82. The molecule has 0 bridgehead atoms. The van der Waals surface area contributed by atoms with Crippen molar-refractivity contribution in [1.29, 1.82) is 0 Å². The predicted octanol–water partition coefficient (Wildman–Crippen LogP) is 4.11. The molecule has 10 heteroatoms. The van der Waals surface area contributed by atoms with Crippen molar-refractivity contribution in [2.24, 2.45) is 0 Å². The number of hydrogen-bond acceptors (Lipinski definition) is 5. The number of alkyl halides is 3. The highest BCUT2D eigenvalue weighted by Crippen LogP contribution is 2.32. The van der Waals surface area contributed by atoms with Gasteiger partial charge < -0.3 is 10.6 Å². The van der Waals surface area contributed by atoms with E-state index in [9.17, 15) is 22.8 Å². The average molecular weight is 420 g/mol. The van der Waals surface area contributed by atoms with Crippen LogP contribution in [0.2, 0.25) is 0 Å². The largest absolute Gasteiger partial charge is 0.416 e. The third-order valence-electron chi connectivity index (χ3n) is 3.81. The zero-order valence-electron chi connectivity index (χ0n) is 15.1. The van der Waals surface area contributed by atoms with E-state index in [1.54, 1.807) is 24.4 Å². The van der Waals surface area contributed by atoms with Gasteiger partial charge in [0.2, 0.25) is 5.91 Å². The van der Waals surface area contributed by atoms with Crippen LogP contribution in [0.4, 0.5) is 18.9 Å². The van der Waals surface area contributed by atoms with Gasteiger partial charge in [-0.25, -0.2) is 0 Å². The summed E-state index contributed by atoms with van der Waals surface area (Å²) in [6.45, 7) is 1.18. The van der Waals surface area contributed by atoms with Gasteiger partial charge in [0.15, 0.2) is 0 Å². The standard InChI is InChI=1S/C19H15F3N4O2S/c1-11(27)25-16-15(14-7-2-3-8-23-14)26-29-17(16)18(28)24-10-12-5-4-6-13(9-12)19(20,21)22/h2-9H,10H2,1H3,(H,24,28)(H,25,27). The molecule has 2 heterocycles. The van der Waals surface area contributed by atoms with Crippen LogP contribution in [-0.4, -0.2) is 21.2 Å². The lowest BCUT2D eigenvalue weighted by Crippen LogP contribution is -2.23. The van der Waals surface area contributed by atoms with Gasteiger partial charge in [-0.15, -0.1) is 0 Å². The molecule has 0 aliphatic carbocycles. The van der Waals surface area contributed by atoms with Crippen molar-refractivity contribution in [2.75, 3.05) is 5.32 Å². The number of pyridine rings is 1. The third kappa shape index (κ3) is 4.96. The Morgan fingerprint density at radius 2 is 1.93 bits per heavy atom. The molecule has 29 heavy (non-hydrogen) atoms. The smallest absolute Gasteiger partial charge is 0.347 e. The summed E-state index contributed by atoms with van der Waals surface area (Å²) >= 11 is 0.867. The van der Waals surface area contributed by atoms with Gasteiger partial charge in [-0.3, -0.25) is 14.6 Å². The highest BCUT2D eigenvalue weighted by molar-refractivity contribution is 7.09. The van der Waals surface area contributed by atoms with Crippen molar-refractivity contribution in [3.63, 3.8) is 0 Å². The Hall–Kier alpha value is -3.27. The quantitative estimate of drug-likeness (QED) is 0.651. The third-order valence-corrected chi connectivity index (χ3v) is 4.66. The van der Waals surface area contributed by atoms with Crippen molar-refractivity contribution < 1.29 is 22.8 Å². The molecule has 6 nitrogen and oxygen atoms in total. The van der Waals surface area contributed by atoms with Gasteiger partial charge in [0.05, 0.1) is 16.9 Å². The number of nitrogens with zero attached hydrogens (tertiary/aromatic N) is 2. The molecule has 150 valence electrons. The fraction of sp³-hybridized carbons (Fsp3) is 0.158. The van der Waals surface area contributed by atoms with Gasteiger partial charge in [0, 0.05) is 19.7 Å². The van der Waals surface area contributed by atoms with Crippen LogP contribution in [0.5, 0.6) is 0 Å². The number of benzene rings is 1. The predicted molar refractivity (Wildman–Crippen MR) is 102 cm³/mol. The zero-order chi connectivity index (χ0) is 21.0. The van der Waals surface area contributed by atoms with Crippen molar-refractivity contribution in [3.8, 4) is 11.4 Å². The maximum Gasteiger partial charge on any atom is 0.416 e. The minimum absolute atomic E-state index is 0.112. The van der Waals surface area contributed by atoms with E-state index in [1.165, 1.54) is 19.1 Å². The molecule has 0 spiro atoms. The molecule has 0 atom stereocenters. The number of aromatic nitrogens is 2. The summed E-state index contributed by atoms with van der Waals surface area (Å²) in [7, 11) is 0. The molecule has 2 aromatic heterocycles. The minimum atomic E-state index is -4.46. The summed E-state index contributed by atoms with van der Waals surface area (Å²) in [5, 5.41) is 5.15. The first kappa shape index (κ1) is 20.5. The van der Waals surface area contributed by atoms with Gasteiger partial charge in [-0.2, -0.15) is 17.5 Å². The van der Waals surface area contributed by atoms with Crippen LogP contribution in [0.1, 0.15) is 27.7 Å². The lowest BCUT2D eigenvalue weighted by molar-refractivity contribution is -0.137. The Morgan fingerprint density at radius 3 is 2.59 bits per heavy atom. The van der Waals surface area contributed by atoms with Crippen molar-refractivity contribution >= 4 is 29.0 Å². The number of hydrogen-bond donors (Lipinski definition) is 2. The lowest BCUT2D eigenvalue weighted by atomic mass is 10.1. The summed E-state index contributed by atoms with van der Waals surface area (Å²) in [5.74, 6) is -0.958. The Labute approximate surface area is 168 Å². The highest BCUT2D eigenvalue weighted by Gasteiger charge is 2.30. The maximum atomic E-state index is 12.8. The second-order valence-electron chi connectivity index (χ2n) is 6.01. The highest BCUT2D eigenvalue weighted by atomic mass is 32.1. The fourth-order valence-electron chi connectivity index (χ4n) is 2.54. The minimum Gasteiger partial charge on any atom is -0.347 e. The van der Waals surface area contributed by atoms with E-state index in [0.717, 1.165) is 23.7 Å². The van der Waals surface area contributed by atoms with Crippen LogP contribution in [0.15, 0.2) is 48.7 Å². The monoisotopic (exact) mass is 420 g/mol. The Bertz CT molecular complexity index is 1040. The van der Waals surface area contributed by atoms with Gasteiger partial charge in [-0.1, -0.05) is 18.2 Å². The second-order valence-corrected chi connectivity index (χ2v) is 6.79. The normalized spacial score (nSPS) is 11.2. The SMILES string of the molecule is CC(=O)Nc1c(-c2ccccn2)nsc1C(=O)NCc1cccc(C(F)(F)F)c1. The van der Waals surface area contributed by atoms with E-state index in [1.807, 2.05) is 0 Å². The number of amides is 2. The number of carbonyl (C=O) groups excluding carboxylic acids is 2. The summed E-state index contributed by atoms with van der Waals surface area (Å²) in [5.41, 5.74) is 0.532. The molecule has 0 fully saturated rings. The molecule has 3 aromatic rings. The molecular formula is C19H15F3N4O2S. The van der Waals surface area contributed by atoms with Gasteiger partial charge in [-0.05, 0) is 41.4 Å². The van der Waals surface area contributed by atoms with Crippen LogP contribution in [-0.2, 0) is 17.5 Å². The van der Waals surface area contributed by atoms with Crippen LogP contribution in [0.25, 0.3) is 11.4 Å². The average Bonchev–Trinajstić information content (AvgIpc) is 3.09. The van der Waals surface area contributed by atoms with Crippen LogP contribution in [0.3, 0.4) is 0 Å². The summed E-state index contributed by atoms with van der Waals surface area (Å²) in [6.07, 6.45) is -2.91. The molecule has 2 N–H and O–H groups in total. The number of anilines is 1. The first-order valence-electron chi connectivity index (χ1n) is 8.38. The Morgan fingerprint density at radius 1 is 1.14 bits per heavy atom. The van der Waals surface area contributed by atoms with Gasteiger partial charge in [0.25, 0.3) is 5.91 Å². The van der Waals surface area contributed by atoms with Gasteiger partial charge in [0.1, 0.15) is 10.6 Å². The van der Waals surface area contributed by atoms with Crippen LogP contribution in [0, 0.1) is 0 Å². The molecule has 0 saturated heterocycles. The summed E-state index contributed by atoms with van der Waals surface area (Å²) < 4.78 is 42.7. The molecule has 0 unspecified atom stereocenters. The van der Waals surface area contributed by atoms with E-state index in [0.29, 0.717) is 17.0 Å². The number of carbonyl (C=O) groups is 2. The van der Waals surface area contributed by atoms with Gasteiger partial charge >= 0.3 is 6.18 Å². The molecule has 3 rings (SSSR count). The molecule has 0 saturated carbocycles. The summed E-state index contributed by atoms with van der Waals surface area (Å²) in [4.78, 5) is 28.5. The first-order valence-corrected chi connectivity index (χ1v) is 9.16. The van der Waals surface area contributed by atoms with E-state index in [4.69, 9.17) is 0 Å². The molecule has 2 amide bonds. The Kier molecular flexibility index (Phi) is 5.92. The van der Waals surface area contributed by atoms with E-state index in [2.05, 4.69) is 20.0 Å². The van der Waals surface area contributed by atoms with E-state index < -0.39 is 23.6 Å². The molecule has 1 aromatic carbocycles. The van der Waals surface area contributed by atoms with E-state index in [-0.39, 0.29) is 17.1 Å². The van der Waals surface area contributed by atoms with Crippen molar-refractivity contribution in [1.82, 2.24) is 14.7 Å². The number of nitrogens with one attached hydrogen (secondary N) is 2. The topological polar surface area (TPSA) is 84.0 Å².